The highest BCUT2D eigenvalue weighted by Gasteiger charge is 2.62. The molecule has 0 amide bonds. The van der Waals surface area contributed by atoms with Gasteiger partial charge in [0, 0.05) is 11.7 Å². The largest absolute Gasteiger partial charge is 0.481 e. The van der Waals surface area contributed by atoms with Crippen molar-refractivity contribution in [3.63, 3.8) is 0 Å². The Morgan fingerprint density at radius 3 is 2.35 bits per heavy atom. The van der Waals surface area contributed by atoms with Gasteiger partial charge in [0.25, 0.3) is 0 Å². The first-order valence-electron chi connectivity index (χ1n) is 5.48. The van der Waals surface area contributed by atoms with E-state index < -0.39 is 32.9 Å². The van der Waals surface area contributed by atoms with Crippen molar-refractivity contribution in [1.29, 1.82) is 0 Å². The fourth-order valence-electron chi connectivity index (χ4n) is 2.29. The maximum atomic E-state index is 11.8. The maximum Gasteiger partial charge on any atom is 0.308 e. The lowest BCUT2D eigenvalue weighted by Gasteiger charge is -1.99. The molecule has 0 saturated heterocycles. The highest BCUT2D eigenvalue weighted by molar-refractivity contribution is 7.92. The van der Waals surface area contributed by atoms with E-state index in [0.29, 0.717) is 0 Å². The minimum Gasteiger partial charge on any atom is -0.481 e. The highest BCUT2D eigenvalue weighted by Crippen LogP contribution is 2.52. The SMILES string of the molecule is CCS(=O)(=O)[C@@H]1[C@@H](C(=O)O)[C@@H]1c1ccccc1. The molecule has 3 atom stereocenters. The van der Waals surface area contributed by atoms with Crippen LogP contribution in [0.15, 0.2) is 30.3 Å². The number of sulfone groups is 1. The van der Waals surface area contributed by atoms with Crippen molar-refractivity contribution in [2.45, 2.75) is 18.1 Å². The van der Waals surface area contributed by atoms with Gasteiger partial charge < -0.3 is 5.11 Å². The molecule has 5 heteroatoms. The lowest BCUT2D eigenvalue weighted by Crippen LogP contribution is -2.14. The second kappa shape index (κ2) is 4.14. The first kappa shape index (κ1) is 12.1. The molecule has 1 fully saturated rings. The van der Waals surface area contributed by atoms with Crippen LogP contribution in [0.2, 0.25) is 0 Å². The van der Waals surface area contributed by atoms with Gasteiger partial charge >= 0.3 is 5.97 Å². The zero-order valence-corrected chi connectivity index (χ0v) is 10.2. The summed E-state index contributed by atoms with van der Waals surface area (Å²) in [4.78, 5) is 11.1. The molecule has 1 aliphatic carbocycles. The Balaban J connectivity index is 2.34. The predicted molar refractivity (Wildman–Crippen MR) is 63.6 cm³/mol. The number of carboxylic acid groups (broad SMARTS) is 1. The summed E-state index contributed by atoms with van der Waals surface area (Å²) in [6.45, 7) is 1.55. The minimum absolute atomic E-state index is 0.00915. The molecule has 1 aromatic rings. The molecule has 0 radical (unpaired) electrons. The zero-order valence-electron chi connectivity index (χ0n) is 9.41. The van der Waals surface area contributed by atoms with Gasteiger partial charge in [-0.25, -0.2) is 8.42 Å². The molecule has 1 saturated carbocycles. The topological polar surface area (TPSA) is 71.4 Å². The van der Waals surface area contributed by atoms with Gasteiger partial charge in [0.1, 0.15) is 0 Å². The van der Waals surface area contributed by atoms with Crippen molar-refractivity contribution in [3.8, 4) is 0 Å². The normalized spacial score (nSPS) is 27.7. The summed E-state index contributed by atoms with van der Waals surface area (Å²) in [5.41, 5.74) is 0.793. The highest BCUT2D eigenvalue weighted by atomic mass is 32.2. The van der Waals surface area contributed by atoms with Crippen molar-refractivity contribution in [2.75, 3.05) is 5.75 Å². The van der Waals surface area contributed by atoms with Crippen LogP contribution in [0.3, 0.4) is 0 Å². The Morgan fingerprint density at radius 2 is 1.88 bits per heavy atom. The molecule has 0 bridgehead atoms. The number of rotatable bonds is 4. The predicted octanol–water partition coefficient (Wildman–Crippen LogP) is 1.29. The van der Waals surface area contributed by atoms with E-state index in [2.05, 4.69) is 0 Å². The van der Waals surface area contributed by atoms with Crippen LogP contribution in [-0.2, 0) is 14.6 Å². The van der Waals surface area contributed by atoms with E-state index in [9.17, 15) is 13.2 Å². The molecular formula is C12H14O4S. The summed E-state index contributed by atoms with van der Waals surface area (Å²) < 4.78 is 23.6. The summed E-state index contributed by atoms with van der Waals surface area (Å²) in [6.07, 6.45) is 0. The van der Waals surface area contributed by atoms with Crippen molar-refractivity contribution < 1.29 is 18.3 Å². The van der Waals surface area contributed by atoms with Gasteiger partial charge in [0.2, 0.25) is 0 Å². The second-order valence-corrected chi connectivity index (χ2v) is 6.66. The van der Waals surface area contributed by atoms with Crippen LogP contribution in [-0.4, -0.2) is 30.5 Å². The molecule has 2 rings (SSSR count). The molecule has 0 aliphatic heterocycles. The second-order valence-electron chi connectivity index (χ2n) is 4.22. The Morgan fingerprint density at radius 1 is 1.29 bits per heavy atom. The van der Waals surface area contributed by atoms with Gasteiger partial charge in [0.15, 0.2) is 9.84 Å². The average Bonchev–Trinajstić information content (AvgIpc) is 3.06. The molecular weight excluding hydrogens is 240 g/mol. The Labute approximate surface area is 100 Å². The van der Waals surface area contributed by atoms with Crippen molar-refractivity contribution in [3.05, 3.63) is 35.9 Å². The smallest absolute Gasteiger partial charge is 0.308 e. The van der Waals surface area contributed by atoms with E-state index in [0.717, 1.165) is 5.56 Å². The Bertz CT molecular complexity index is 521. The van der Waals surface area contributed by atoms with Crippen LogP contribution in [0, 0.1) is 5.92 Å². The fraction of sp³-hybridized carbons (Fsp3) is 0.417. The third-order valence-corrected chi connectivity index (χ3v) is 5.46. The Hall–Kier alpha value is -1.36. The minimum atomic E-state index is -3.30. The quantitative estimate of drug-likeness (QED) is 0.878. The lowest BCUT2D eigenvalue weighted by atomic mass is 10.1. The van der Waals surface area contributed by atoms with Gasteiger partial charge in [-0.1, -0.05) is 37.3 Å². The van der Waals surface area contributed by atoms with Gasteiger partial charge in [-0.3, -0.25) is 4.79 Å². The zero-order chi connectivity index (χ0) is 12.6. The van der Waals surface area contributed by atoms with Gasteiger partial charge in [0.05, 0.1) is 11.2 Å². The molecule has 0 aromatic heterocycles. The lowest BCUT2D eigenvalue weighted by molar-refractivity contribution is -0.138. The molecule has 1 aliphatic rings. The van der Waals surface area contributed by atoms with E-state index in [1.165, 1.54) is 0 Å². The molecule has 1 aromatic carbocycles. The first-order chi connectivity index (χ1) is 7.99. The van der Waals surface area contributed by atoms with Gasteiger partial charge in [-0.2, -0.15) is 0 Å². The molecule has 0 heterocycles. The summed E-state index contributed by atoms with van der Waals surface area (Å²) >= 11 is 0. The van der Waals surface area contributed by atoms with Crippen LogP contribution in [0.25, 0.3) is 0 Å². The van der Waals surface area contributed by atoms with Crippen LogP contribution >= 0.6 is 0 Å². The number of aliphatic carboxylic acids is 1. The summed E-state index contributed by atoms with van der Waals surface area (Å²) in [7, 11) is -3.30. The molecule has 4 nitrogen and oxygen atoms in total. The van der Waals surface area contributed by atoms with Crippen molar-refractivity contribution in [1.82, 2.24) is 0 Å². The summed E-state index contributed by atoms with van der Waals surface area (Å²) in [6, 6.07) is 8.98. The van der Waals surface area contributed by atoms with E-state index >= 15 is 0 Å². The molecule has 0 unspecified atom stereocenters. The first-order valence-corrected chi connectivity index (χ1v) is 7.20. The van der Waals surface area contributed by atoms with E-state index in [4.69, 9.17) is 5.11 Å². The number of carbonyl (C=O) groups is 1. The van der Waals surface area contributed by atoms with Crippen molar-refractivity contribution >= 4 is 15.8 Å². The van der Waals surface area contributed by atoms with Gasteiger partial charge in [-0.15, -0.1) is 0 Å². The molecule has 17 heavy (non-hydrogen) atoms. The number of benzene rings is 1. The van der Waals surface area contributed by atoms with E-state index in [-0.39, 0.29) is 5.75 Å². The van der Waals surface area contributed by atoms with Crippen LogP contribution < -0.4 is 0 Å². The molecule has 1 N–H and O–H groups in total. The van der Waals surface area contributed by atoms with Crippen LogP contribution in [0.1, 0.15) is 18.4 Å². The number of hydrogen-bond acceptors (Lipinski definition) is 3. The third kappa shape index (κ3) is 2.07. The average molecular weight is 254 g/mol. The monoisotopic (exact) mass is 254 g/mol. The van der Waals surface area contributed by atoms with Crippen LogP contribution in [0.5, 0.6) is 0 Å². The third-order valence-electron chi connectivity index (χ3n) is 3.24. The van der Waals surface area contributed by atoms with Crippen LogP contribution in [0.4, 0.5) is 0 Å². The number of hydrogen-bond donors (Lipinski definition) is 1. The van der Waals surface area contributed by atoms with Crippen molar-refractivity contribution in [2.24, 2.45) is 5.92 Å². The maximum absolute atomic E-state index is 11.8. The number of carboxylic acids is 1. The van der Waals surface area contributed by atoms with E-state index in [1.807, 2.05) is 6.07 Å². The molecule has 0 spiro atoms. The van der Waals surface area contributed by atoms with Gasteiger partial charge in [-0.05, 0) is 5.56 Å². The summed E-state index contributed by atoms with van der Waals surface area (Å²) in [5, 5.41) is 8.29. The fourth-order valence-corrected chi connectivity index (χ4v) is 4.09. The summed E-state index contributed by atoms with van der Waals surface area (Å²) in [5.74, 6) is -2.22. The standard InChI is InChI=1S/C12H14O4S/c1-2-17(15,16)11-9(10(11)12(13)14)8-6-4-3-5-7-8/h3-7,9-11H,2H2,1H3,(H,13,14)/t9-,10-,11-/m0/s1. The molecule has 92 valence electrons. The van der Waals surface area contributed by atoms with E-state index in [1.54, 1.807) is 31.2 Å². The Kier molecular flexibility index (Phi) is 2.95.